The maximum Gasteiger partial charge on any atom is 0.273 e. The maximum absolute atomic E-state index is 10.7. The monoisotopic (exact) mass is 250 g/mol. The Labute approximate surface area is 106 Å². The van der Waals surface area contributed by atoms with E-state index in [0.29, 0.717) is 5.75 Å². The zero-order valence-electron chi connectivity index (χ0n) is 10.6. The van der Waals surface area contributed by atoms with Crippen molar-refractivity contribution in [3.63, 3.8) is 0 Å². The summed E-state index contributed by atoms with van der Waals surface area (Å²) >= 11 is 0. The van der Waals surface area contributed by atoms with Gasteiger partial charge in [-0.25, -0.2) is 0 Å². The summed E-state index contributed by atoms with van der Waals surface area (Å²) in [5, 5.41) is 10.7. The molecule has 98 valence electrons. The molecule has 2 N–H and O–H groups in total. The summed E-state index contributed by atoms with van der Waals surface area (Å²) in [5.74, 6) is 0.542. The highest BCUT2D eigenvalue weighted by molar-refractivity contribution is 5.38. The Kier molecular flexibility index (Phi) is 3.26. The summed E-state index contributed by atoms with van der Waals surface area (Å²) < 4.78 is 5.83. The summed E-state index contributed by atoms with van der Waals surface area (Å²) in [6.07, 6.45) is 1.78. The summed E-state index contributed by atoms with van der Waals surface area (Å²) in [4.78, 5) is 10.3. The van der Waals surface area contributed by atoms with E-state index in [1.807, 2.05) is 0 Å². The van der Waals surface area contributed by atoms with Crippen LogP contribution in [0.4, 0.5) is 5.69 Å². The smallest absolute Gasteiger partial charge is 0.273 e. The van der Waals surface area contributed by atoms with Crippen molar-refractivity contribution in [3.8, 4) is 5.75 Å². The minimum atomic E-state index is -0.418. The van der Waals surface area contributed by atoms with Gasteiger partial charge in [-0.3, -0.25) is 10.1 Å². The standard InChI is InChI=1S/C13H18N2O3/c1-3-13(2)11(14)8-12(13)18-10-6-4-5-9(7-10)15(16)17/h4-7,11-12H,3,8,14H2,1-2H3. The van der Waals surface area contributed by atoms with Crippen LogP contribution in [0.25, 0.3) is 0 Å². The van der Waals surface area contributed by atoms with E-state index in [1.54, 1.807) is 12.1 Å². The lowest BCUT2D eigenvalue weighted by atomic mass is 9.62. The second kappa shape index (κ2) is 4.57. The number of nitro benzene ring substituents is 1. The Balaban J connectivity index is 2.11. The SMILES string of the molecule is CCC1(C)C(N)CC1Oc1cccc([N+](=O)[O-])c1. The van der Waals surface area contributed by atoms with Crippen molar-refractivity contribution in [1.29, 1.82) is 0 Å². The Morgan fingerprint density at radius 2 is 2.33 bits per heavy atom. The van der Waals surface area contributed by atoms with E-state index in [1.165, 1.54) is 12.1 Å². The van der Waals surface area contributed by atoms with Crippen LogP contribution in [0.2, 0.25) is 0 Å². The first-order valence-corrected chi connectivity index (χ1v) is 6.14. The number of non-ortho nitro benzene ring substituents is 1. The summed E-state index contributed by atoms with van der Waals surface area (Å²) in [5.41, 5.74) is 6.01. The van der Waals surface area contributed by atoms with Gasteiger partial charge in [-0.15, -0.1) is 0 Å². The van der Waals surface area contributed by atoms with Crippen LogP contribution in [0.1, 0.15) is 26.7 Å². The number of rotatable bonds is 4. The molecule has 3 unspecified atom stereocenters. The molecule has 0 heterocycles. The maximum atomic E-state index is 10.7. The molecule has 2 rings (SSSR count). The van der Waals surface area contributed by atoms with Gasteiger partial charge < -0.3 is 10.5 Å². The number of nitro groups is 1. The lowest BCUT2D eigenvalue weighted by molar-refractivity contribution is -0.385. The second-order valence-electron chi connectivity index (χ2n) is 5.06. The van der Waals surface area contributed by atoms with Gasteiger partial charge in [0.05, 0.1) is 11.0 Å². The molecule has 18 heavy (non-hydrogen) atoms. The van der Waals surface area contributed by atoms with Crippen molar-refractivity contribution < 1.29 is 9.66 Å². The molecule has 0 radical (unpaired) electrons. The van der Waals surface area contributed by atoms with Crippen molar-refractivity contribution >= 4 is 5.69 Å². The molecule has 5 nitrogen and oxygen atoms in total. The van der Waals surface area contributed by atoms with Crippen LogP contribution in [0.5, 0.6) is 5.75 Å². The minimum absolute atomic E-state index is 0.0371. The zero-order valence-corrected chi connectivity index (χ0v) is 10.6. The zero-order chi connectivity index (χ0) is 13.3. The van der Waals surface area contributed by atoms with E-state index in [-0.39, 0.29) is 23.2 Å². The number of nitrogens with two attached hydrogens (primary N) is 1. The molecular weight excluding hydrogens is 232 g/mol. The fourth-order valence-corrected chi connectivity index (χ4v) is 2.35. The molecule has 1 aliphatic rings. The molecule has 1 aliphatic carbocycles. The minimum Gasteiger partial charge on any atom is -0.489 e. The third-order valence-electron chi connectivity index (χ3n) is 4.12. The lowest BCUT2D eigenvalue weighted by Gasteiger charge is -2.51. The van der Waals surface area contributed by atoms with Crippen LogP contribution in [0.3, 0.4) is 0 Å². The van der Waals surface area contributed by atoms with Crippen molar-refractivity contribution in [3.05, 3.63) is 34.4 Å². The predicted octanol–water partition coefficient (Wildman–Crippen LogP) is 2.49. The first-order valence-electron chi connectivity index (χ1n) is 6.14. The van der Waals surface area contributed by atoms with Crippen LogP contribution < -0.4 is 10.5 Å². The molecule has 1 saturated carbocycles. The van der Waals surface area contributed by atoms with Crippen molar-refractivity contribution in [1.82, 2.24) is 0 Å². The fraction of sp³-hybridized carbons (Fsp3) is 0.538. The molecule has 1 aromatic carbocycles. The molecule has 5 heteroatoms. The van der Waals surface area contributed by atoms with Crippen molar-refractivity contribution in [2.24, 2.45) is 11.1 Å². The topological polar surface area (TPSA) is 78.4 Å². The third kappa shape index (κ3) is 2.06. The van der Waals surface area contributed by atoms with Crippen LogP contribution in [0.15, 0.2) is 24.3 Å². The average molecular weight is 250 g/mol. The lowest BCUT2D eigenvalue weighted by Crippen LogP contribution is -2.61. The first-order chi connectivity index (χ1) is 8.47. The van der Waals surface area contributed by atoms with E-state index in [2.05, 4.69) is 13.8 Å². The number of nitrogens with zero attached hydrogens (tertiary/aromatic N) is 1. The molecule has 0 saturated heterocycles. The number of hydrogen-bond donors (Lipinski definition) is 1. The highest BCUT2D eigenvalue weighted by atomic mass is 16.6. The van der Waals surface area contributed by atoms with E-state index in [4.69, 9.17) is 10.5 Å². The van der Waals surface area contributed by atoms with E-state index < -0.39 is 4.92 Å². The Morgan fingerprint density at radius 1 is 1.61 bits per heavy atom. The van der Waals surface area contributed by atoms with Crippen LogP contribution in [-0.2, 0) is 0 Å². The quantitative estimate of drug-likeness (QED) is 0.657. The average Bonchev–Trinajstić information content (AvgIpc) is 2.37. The van der Waals surface area contributed by atoms with Gasteiger partial charge in [0, 0.05) is 23.9 Å². The van der Waals surface area contributed by atoms with Gasteiger partial charge in [0.1, 0.15) is 11.9 Å². The van der Waals surface area contributed by atoms with E-state index >= 15 is 0 Å². The molecular formula is C13H18N2O3. The number of hydrogen-bond acceptors (Lipinski definition) is 4. The number of ether oxygens (including phenoxy) is 1. The molecule has 0 amide bonds. The number of benzene rings is 1. The Hall–Kier alpha value is -1.62. The van der Waals surface area contributed by atoms with Gasteiger partial charge in [-0.05, 0) is 12.5 Å². The predicted molar refractivity (Wildman–Crippen MR) is 68.5 cm³/mol. The van der Waals surface area contributed by atoms with Gasteiger partial charge in [0.25, 0.3) is 5.69 Å². The summed E-state index contributed by atoms with van der Waals surface area (Å²) in [7, 11) is 0. The Bertz CT molecular complexity index is 463. The van der Waals surface area contributed by atoms with E-state index in [9.17, 15) is 10.1 Å². The van der Waals surface area contributed by atoms with Gasteiger partial charge in [0.15, 0.2) is 0 Å². The van der Waals surface area contributed by atoms with Crippen LogP contribution >= 0.6 is 0 Å². The van der Waals surface area contributed by atoms with Gasteiger partial charge in [-0.2, -0.15) is 0 Å². The van der Waals surface area contributed by atoms with Crippen LogP contribution in [-0.4, -0.2) is 17.1 Å². The first kappa shape index (κ1) is 12.8. The second-order valence-corrected chi connectivity index (χ2v) is 5.06. The van der Waals surface area contributed by atoms with E-state index in [0.717, 1.165) is 12.8 Å². The molecule has 0 spiro atoms. The van der Waals surface area contributed by atoms with Crippen molar-refractivity contribution in [2.75, 3.05) is 0 Å². The fourth-order valence-electron chi connectivity index (χ4n) is 2.35. The molecule has 0 aliphatic heterocycles. The molecule has 0 bridgehead atoms. The van der Waals surface area contributed by atoms with Gasteiger partial charge in [0.2, 0.25) is 0 Å². The molecule has 0 aromatic heterocycles. The summed E-state index contributed by atoms with van der Waals surface area (Å²) in [6, 6.07) is 6.44. The normalized spacial score (nSPS) is 30.6. The van der Waals surface area contributed by atoms with Gasteiger partial charge >= 0.3 is 0 Å². The summed E-state index contributed by atoms with van der Waals surface area (Å²) in [6.45, 7) is 4.19. The van der Waals surface area contributed by atoms with Crippen molar-refractivity contribution in [2.45, 2.75) is 38.8 Å². The molecule has 1 aromatic rings. The molecule has 3 atom stereocenters. The van der Waals surface area contributed by atoms with Crippen LogP contribution in [0, 0.1) is 15.5 Å². The Morgan fingerprint density at radius 3 is 2.89 bits per heavy atom. The molecule has 1 fully saturated rings. The third-order valence-corrected chi connectivity index (χ3v) is 4.12. The highest BCUT2D eigenvalue weighted by Crippen LogP contribution is 2.44. The highest BCUT2D eigenvalue weighted by Gasteiger charge is 2.50. The largest absolute Gasteiger partial charge is 0.489 e. The van der Waals surface area contributed by atoms with Gasteiger partial charge in [-0.1, -0.05) is 19.9 Å².